The summed E-state index contributed by atoms with van der Waals surface area (Å²) >= 11 is 4.15. The number of hydrogen-bond donors (Lipinski definition) is 2. The van der Waals surface area contributed by atoms with Crippen LogP contribution < -0.4 is 10.6 Å². The highest BCUT2D eigenvalue weighted by molar-refractivity contribution is 14.0. The molecule has 0 aromatic rings. The monoisotopic (exact) mass is 444 g/mol. The highest BCUT2D eigenvalue weighted by Gasteiger charge is 2.29. The van der Waals surface area contributed by atoms with E-state index in [1.54, 1.807) is 0 Å². The molecule has 0 radical (unpaired) electrons. The predicted octanol–water partition coefficient (Wildman–Crippen LogP) is 2.10. The van der Waals surface area contributed by atoms with Crippen molar-refractivity contribution in [3.63, 3.8) is 0 Å². The van der Waals surface area contributed by atoms with Crippen molar-refractivity contribution >= 4 is 53.5 Å². The van der Waals surface area contributed by atoms with Crippen LogP contribution in [0.15, 0.2) is 4.99 Å². The third-order valence-corrected chi connectivity index (χ3v) is 6.46. The maximum Gasteiger partial charge on any atom is 0.191 e. The van der Waals surface area contributed by atoms with Crippen molar-refractivity contribution in [2.75, 3.05) is 57.0 Å². The molecular formula is C14H29IN4S2. The van der Waals surface area contributed by atoms with Crippen molar-refractivity contribution < 1.29 is 0 Å². The maximum absolute atomic E-state index is 4.33. The second-order valence-corrected chi connectivity index (χ2v) is 8.62. The van der Waals surface area contributed by atoms with Gasteiger partial charge in [-0.25, -0.2) is 0 Å². The van der Waals surface area contributed by atoms with Crippen molar-refractivity contribution in [1.82, 2.24) is 15.5 Å². The number of hydrogen-bond acceptors (Lipinski definition) is 4. The average molecular weight is 444 g/mol. The van der Waals surface area contributed by atoms with E-state index in [1.165, 1.54) is 43.2 Å². The van der Waals surface area contributed by atoms with E-state index in [4.69, 9.17) is 0 Å². The van der Waals surface area contributed by atoms with Crippen LogP contribution in [-0.2, 0) is 0 Å². The fourth-order valence-electron chi connectivity index (χ4n) is 2.62. The summed E-state index contributed by atoms with van der Waals surface area (Å²) < 4.78 is 0.391. The van der Waals surface area contributed by atoms with E-state index < -0.39 is 0 Å². The van der Waals surface area contributed by atoms with Gasteiger partial charge in [0.15, 0.2) is 5.96 Å². The molecule has 0 aromatic heterocycles. The molecular weight excluding hydrogens is 415 g/mol. The quantitative estimate of drug-likeness (QED) is 0.386. The molecule has 2 fully saturated rings. The fraction of sp³-hybridized carbons (Fsp3) is 0.929. The number of guanidine groups is 1. The molecule has 0 spiro atoms. The molecule has 2 rings (SSSR count). The van der Waals surface area contributed by atoms with Crippen LogP contribution in [-0.4, -0.2) is 72.6 Å². The topological polar surface area (TPSA) is 39.7 Å². The molecule has 4 nitrogen and oxygen atoms in total. The van der Waals surface area contributed by atoms with Crippen molar-refractivity contribution in [3.8, 4) is 0 Å². The molecule has 2 saturated heterocycles. The van der Waals surface area contributed by atoms with Gasteiger partial charge in [-0.3, -0.25) is 9.89 Å². The van der Waals surface area contributed by atoms with E-state index in [9.17, 15) is 0 Å². The predicted molar refractivity (Wildman–Crippen MR) is 109 cm³/mol. The Kier molecular flexibility index (Phi) is 9.79. The number of nitrogens with one attached hydrogen (secondary N) is 2. The normalized spacial score (nSPS) is 27.2. The van der Waals surface area contributed by atoms with Gasteiger partial charge in [-0.1, -0.05) is 0 Å². The average Bonchev–Trinajstić information content (AvgIpc) is 2.91. The zero-order valence-electron chi connectivity index (χ0n) is 13.2. The fourth-order valence-corrected chi connectivity index (χ4v) is 4.85. The molecule has 2 aliphatic rings. The molecule has 0 aliphatic carbocycles. The molecule has 0 amide bonds. The molecule has 0 bridgehead atoms. The Hall–Kier alpha value is 0.660. The Morgan fingerprint density at radius 2 is 2.00 bits per heavy atom. The second kappa shape index (κ2) is 10.4. The van der Waals surface area contributed by atoms with Gasteiger partial charge < -0.3 is 10.6 Å². The molecule has 1 atom stereocenters. The standard InChI is InChI=1S/C14H28N4S2.HI/c1-14(4-3-9-20-14)12-17-13(15-2)16-5-6-18-7-10-19-11-8-18;/h3-12H2,1-2H3,(H2,15,16,17);1H. The van der Waals surface area contributed by atoms with Crippen LogP contribution in [0, 0.1) is 0 Å². The lowest BCUT2D eigenvalue weighted by Crippen LogP contribution is -2.46. The zero-order chi connectivity index (χ0) is 14.3. The van der Waals surface area contributed by atoms with Crippen LogP contribution in [0.2, 0.25) is 0 Å². The summed E-state index contributed by atoms with van der Waals surface area (Å²) in [7, 11) is 1.86. The molecule has 0 saturated carbocycles. The highest BCUT2D eigenvalue weighted by Crippen LogP contribution is 2.36. The summed E-state index contributed by atoms with van der Waals surface area (Å²) in [5.74, 6) is 4.81. The van der Waals surface area contributed by atoms with Crippen LogP contribution >= 0.6 is 47.5 Å². The largest absolute Gasteiger partial charge is 0.355 e. The molecule has 7 heteroatoms. The van der Waals surface area contributed by atoms with Gasteiger partial charge in [0.05, 0.1) is 0 Å². The SMILES string of the molecule is CN=C(NCCN1CCSCC1)NCC1(C)CCCS1.I. The van der Waals surface area contributed by atoms with Crippen molar-refractivity contribution in [1.29, 1.82) is 0 Å². The first kappa shape index (κ1) is 19.7. The van der Waals surface area contributed by atoms with Gasteiger partial charge in [0.1, 0.15) is 0 Å². The van der Waals surface area contributed by atoms with Crippen LogP contribution in [0.1, 0.15) is 19.8 Å². The Morgan fingerprint density at radius 1 is 1.24 bits per heavy atom. The minimum absolute atomic E-state index is 0. The van der Waals surface area contributed by atoms with E-state index in [2.05, 4.69) is 51.0 Å². The number of nitrogens with zero attached hydrogens (tertiary/aromatic N) is 2. The summed E-state index contributed by atoms with van der Waals surface area (Å²) in [4.78, 5) is 6.86. The molecule has 0 aromatic carbocycles. The molecule has 21 heavy (non-hydrogen) atoms. The molecule has 2 aliphatic heterocycles. The first-order valence-electron chi connectivity index (χ1n) is 7.60. The molecule has 2 heterocycles. The summed E-state index contributed by atoms with van der Waals surface area (Å²) in [6, 6.07) is 0. The van der Waals surface area contributed by atoms with Gasteiger partial charge in [0, 0.05) is 56.0 Å². The highest BCUT2D eigenvalue weighted by atomic mass is 127. The summed E-state index contributed by atoms with van der Waals surface area (Å²) in [5.41, 5.74) is 0. The smallest absolute Gasteiger partial charge is 0.191 e. The van der Waals surface area contributed by atoms with Gasteiger partial charge in [0.25, 0.3) is 0 Å². The van der Waals surface area contributed by atoms with Crippen molar-refractivity contribution in [3.05, 3.63) is 0 Å². The first-order chi connectivity index (χ1) is 9.72. The maximum atomic E-state index is 4.33. The minimum Gasteiger partial charge on any atom is -0.355 e. The lowest BCUT2D eigenvalue weighted by atomic mass is 10.1. The summed E-state index contributed by atoms with van der Waals surface area (Å²) in [6.45, 7) is 7.93. The van der Waals surface area contributed by atoms with E-state index in [0.29, 0.717) is 4.75 Å². The Balaban J connectivity index is 0.00000220. The van der Waals surface area contributed by atoms with Gasteiger partial charge in [0.2, 0.25) is 0 Å². The number of aliphatic imine (C=N–C) groups is 1. The molecule has 1 unspecified atom stereocenters. The van der Waals surface area contributed by atoms with Gasteiger partial charge in [-0.15, -0.1) is 24.0 Å². The third-order valence-electron chi connectivity index (χ3n) is 3.98. The van der Waals surface area contributed by atoms with Crippen molar-refractivity contribution in [2.45, 2.75) is 24.5 Å². The number of halogens is 1. The molecule has 2 N–H and O–H groups in total. The minimum atomic E-state index is 0. The number of rotatable bonds is 5. The Labute approximate surface area is 155 Å². The van der Waals surface area contributed by atoms with Gasteiger partial charge >= 0.3 is 0 Å². The second-order valence-electron chi connectivity index (χ2n) is 5.71. The van der Waals surface area contributed by atoms with Crippen LogP contribution in [0.25, 0.3) is 0 Å². The molecule has 124 valence electrons. The Morgan fingerprint density at radius 3 is 2.62 bits per heavy atom. The third kappa shape index (κ3) is 7.18. The van der Waals surface area contributed by atoms with E-state index >= 15 is 0 Å². The summed E-state index contributed by atoms with van der Waals surface area (Å²) in [6.07, 6.45) is 2.66. The van der Waals surface area contributed by atoms with E-state index in [-0.39, 0.29) is 24.0 Å². The first-order valence-corrected chi connectivity index (χ1v) is 9.74. The van der Waals surface area contributed by atoms with E-state index in [1.807, 2.05) is 7.05 Å². The van der Waals surface area contributed by atoms with Crippen LogP contribution in [0.3, 0.4) is 0 Å². The summed E-state index contributed by atoms with van der Waals surface area (Å²) in [5, 5.41) is 6.92. The van der Waals surface area contributed by atoms with Crippen LogP contribution in [0.4, 0.5) is 0 Å². The van der Waals surface area contributed by atoms with Crippen molar-refractivity contribution in [2.24, 2.45) is 4.99 Å². The van der Waals surface area contributed by atoms with Crippen LogP contribution in [0.5, 0.6) is 0 Å². The Bertz CT molecular complexity index is 316. The lowest BCUT2D eigenvalue weighted by molar-refractivity contribution is 0.307. The van der Waals surface area contributed by atoms with Gasteiger partial charge in [-0.2, -0.15) is 23.5 Å². The zero-order valence-corrected chi connectivity index (χ0v) is 17.2. The van der Waals surface area contributed by atoms with Gasteiger partial charge in [-0.05, 0) is 25.5 Å². The lowest BCUT2D eigenvalue weighted by Gasteiger charge is -2.27. The number of thioether (sulfide) groups is 2. The van der Waals surface area contributed by atoms with E-state index in [0.717, 1.165) is 25.6 Å².